The van der Waals surface area contributed by atoms with Crippen LogP contribution in [-0.2, 0) is 11.2 Å². The van der Waals surface area contributed by atoms with Gasteiger partial charge >= 0.3 is 0 Å². The summed E-state index contributed by atoms with van der Waals surface area (Å²) in [6.45, 7) is 9.50. The molecule has 0 spiro atoms. The third kappa shape index (κ3) is 4.75. The smallest absolute Gasteiger partial charge is 0.127 e. The van der Waals surface area contributed by atoms with Crippen molar-refractivity contribution in [2.45, 2.75) is 45.8 Å². The monoisotopic (exact) mass is 287 g/mol. The molecule has 19 heavy (non-hydrogen) atoms. The van der Waals surface area contributed by atoms with Crippen LogP contribution in [0.1, 0.15) is 33.3 Å². The lowest BCUT2D eigenvalue weighted by atomic mass is 9.91. The Morgan fingerprint density at radius 3 is 2.58 bits per heavy atom. The Morgan fingerprint density at radius 2 is 2.05 bits per heavy atom. The fourth-order valence-electron chi connectivity index (χ4n) is 2.19. The van der Waals surface area contributed by atoms with E-state index >= 15 is 0 Å². The molecule has 108 valence electrons. The van der Waals surface area contributed by atoms with E-state index in [0.29, 0.717) is 23.6 Å². The topological polar surface area (TPSA) is 21.3 Å². The van der Waals surface area contributed by atoms with Crippen molar-refractivity contribution in [3.05, 3.63) is 34.6 Å². The number of likely N-dealkylation sites (N-methyl/N-ethyl adjacent to an activating group) is 1. The first-order valence-corrected chi connectivity index (χ1v) is 7.09. The number of hydrogen-bond acceptors (Lipinski definition) is 2. The van der Waals surface area contributed by atoms with Crippen LogP contribution in [0.25, 0.3) is 0 Å². The normalized spacial score (nSPS) is 13.6. The van der Waals surface area contributed by atoms with E-state index in [2.05, 4.69) is 5.32 Å². The highest BCUT2D eigenvalue weighted by Gasteiger charge is 2.30. The molecular formula is C15H23ClFNO. The van der Waals surface area contributed by atoms with E-state index in [-0.39, 0.29) is 17.5 Å². The Morgan fingerprint density at radius 1 is 1.37 bits per heavy atom. The average molecular weight is 288 g/mol. The Labute approximate surface area is 120 Å². The van der Waals surface area contributed by atoms with Crippen LogP contribution in [0.5, 0.6) is 0 Å². The fourth-order valence-corrected chi connectivity index (χ4v) is 2.35. The molecule has 0 bridgehead atoms. The van der Waals surface area contributed by atoms with Crippen molar-refractivity contribution >= 4 is 11.6 Å². The maximum absolute atomic E-state index is 13.9. The molecule has 0 radical (unpaired) electrons. The van der Waals surface area contributed by atoms with Gasteiger partial charge in [-0.2, -0.15) is 0 Å². The molecule has 2 nitrogen and oxygen atoms in total. The molecule has 0 saturated heterocycles. The van der Waals surface area contributed by atoms with Gasteiger partial charge in [0.25, 0.3) is 0 Å². The molecule has 0 aromatic heterocycles. The van der Waals surface area contributed by atoms with E-state index in [1.165, 1.54) is 6.07 Å². The van der Waals surface area contributed by atoms with Gasteiger partial charge in [-0.05, 0) is 51.4 Å². The van der Waals surface area contributed by atoms with Gasteiger partial charge in [-0.25, -0.2) is 4.39 Å². The second kappa shape index (κ2) is 7.22. The van der Waals surface area contributed by atoms with Crippen LogP contribution in [0.2, 0.25) is 5.02 Å². The second-order valence-corrected chi connectivity index (χ2v) is 5.52. The van der Waals surface area contributed by atoms with Crippen LogP contribution >= 0.6 is 11.6 Å². The molecule has 1 aromatic carbocycles. The summed E-state index contributed by atoms with van der Waals surface area (Å²) in [5, 5.41) is 3.79. The molecule has 0 aliphatic heterocycles. The van der Waals surface area contributed by atoms with Gasteiger partial charge in [0.05, 0.1) is 5.60 Å². The lowest BCUT2D eigenvalue weighted by Gasteiger charge is -2.35. The Bertz CT molecular complexity index is 409. The Kier molecular flexibility index (Phi) is 6.24. The first kappa shape index (κ1) is 16.4. The standard InChI is InChI=1S/C15H23ClFNO/c1-5-18-14(15(3,4)19-6-2)9-11-7-8-12(16)10-13(11)17/h7-8,10,14,18H,5-6,9H2,1-4H3. The number of halogens is 2. The lowest BCUT2D eigenvalue weighted by molar-refractivity contribution is -0.0378. The minimum Gasteiger partial charge on any atom is -0.374 e. The van der Waals surface area contributed by atoms with Crippen molar-refractivity contribution in [2.75, 3.05) is 13.2 Å². The molecule has 0 aliphatic rings. The summed E-state index contributed by atoms with van der Waals surface area (Å²) >= 11 is 5.77. The Balaban J connectivity index is 2.89. The van der Waals surface area contributed by atoms with Crippen molar-refractivity contribution in [3.8, 4) is 0 Å². The van der Waals surface area contributed by atoms with Gasteiger partial charge in [0.2, 0.25) is 0 Å². The average Bonchev–Trinajstić information content (AvgIpc) is 2.31. The van der Waals surface area contributed by atoms with Gasteiger partial charge in [-0.1, -0.05) is 24.6 Å². The lowest BCUT2D eigenvalue weighted by Crippen LogP contribution is -2.50. The van der Waals surface area contributed by atoms with E-state index in [0.717, 1.165) is 6.54 Å². The third-order valence-electron chi connectivity index (χ3n) is 3.25. The number of benzene rings is 1. The van der Waals surface area contributed by atoms with Crippen LogP contribution in [0, 0.1) is 5.82 Å². The highest BCUT2D eigenvalue weighted by Crippen LogP contribution is 2.22. The van der Waals surface area contributed by atoms with Crippen LogP contribution in [0.4, 0.5) is 4.39 Å². The van der Waals surface area contributed by atoms with Gasteiger partial charge in [0, 0.05) is 17.7 Å². The maximum atomic E-state index is 13.9. The third-order valence-corrected chi connectivity index (χ3v) is 3.48. The van der Waals surface area contributed by atoms with Gasteiger partial charge < -0.3 is 10.1 Å². The van der Waals surface area contributed by atoms with E-state index in [4.69, 9.17) is 16.3 Å². The highest BCUT2D eigenvalue weighted by molar-refractivity contribution is 6.30. The molecule has 1 rings (SSSR count). The van der Waals surface area contributed by atoms with Crippen LogP contribution in [0.3, 0.4) is 0 Å². The SMILES string of the molecule is CCNC(Cc1ccc(Cl)cc1F)C(C)(C)OCC. The molecule has 0 saturated carbocycles. The molecule has 1 aromatic rings. The number of hydrogen-bond donors (Lipinski definition) is 1. The molecule has 1 unspecified atom stereocenters. The van der Waals surface area contributed by atoms with E-state index in [1.807, 2.05) is 27.7 Å². The first-order valence-electron chi connectivity index (χ1n) is 6.72. The van der Waals surface area contributed by atoms with E-state index < -0.39 is 0 Å². The minimum atomic E-state index is -0.350. The van der Waals surface area contributed by atoms with Crippen molar-refractivity contribution in [1.82, 2.24) is 5.32 Å². The summed E-state index contributed by atoms with van der Waals surface area (Å²) in [5.41, 5.74) is 0.305. The summed E-state index contributed by atoms with van der Waals surface area (Å²) in [6.07, 6.45) is 0.573. The molecule has 0 aliphatic carbocycles. The molecule has 1 atom stereocenters. The molecule has 0 fully saturated rings. The summed E-state index contributed by atoms with van der Waals surface area (Å²) < 4.78 is 19.6. The summed E-state index contributed by atoms with van der Waals surface area (Å²) in [5.74, 6) is -0.261. The van der Waals surface area contributed by atoms with Gasteiger partial charge in [0.1, 0.15) is 5.82 Å². The van der Waals surface area contributed by atoms with Crippen molar-refractivity contribution < 1.29 is 9.13 Å². The van der Waals surface area contributed by atoms with Crippen LogP contribution in [-0.4, -0.2) is 24.8 Å². The molecule has 4 heteroatoms. The maximum Gasteiger partial charge on any atom is 0.127 e. The largest absolute Gasteiger partial charge is 0.374 e. The van der Waals surface area contributed by atoms with E-state index in [9.17, 15) is 4.39 Å². The highest BCUT2D eigenvalue weighted by atomic mass is 35.5. The van der Waals surface area contributed by atoms with Gasteiger partial charge in [-0.15, -0.1) is 0 Å². The quantitative estimate of drug-likeness (QED) is 0.823. The molecule has 0 amide bonds. The zero-order chi connectivity index (χ0) is 14.5. The zero-order valence-corrected chi connectivity index (χ0v) is 12.9. The zero-order valence-electron chi connectivity index (χ0n) is 12.1. The van der Waals surface area contributed by atoms with Crippen molar-refractivity contribution in [3.63, 3.8) is 0 Å². The predicted molar refractivity (Wildman–Crippen MR) is 78.3 cm³/mol. The first-order chi connectivity index (χ1) is 8.90. The molecule has 0 heterocycles. The minimum absolute atomic E-state index is 0.0492. The summed E-state index contributed by atoms with van der Waals surface area (Å²) in [6, 6.07) is 4.86. The number of ether oxygens (including phenoxy) is 1. The van der Waals surface area contributed by atoms with Crippen molar-refractivity contribution in [2.24, 2.45) is 0 Å². The van der Waals surface area contributed by atoms with Gasteiger partial charge in [0.15, 0.2) is 0 Å². The van der Waals surface area contributed by atoms with Gasteiger partial charge in [-0.3, -0.25) is 0 Å². The number of rotatable bonds is 7. The van der Waals surface area contributed by atoms with Crippen molar-refractivity contribution in [1.29, 1.82) is 0 Å². The fraction of sp³-hybridized carbons (Fsp3) is 0.600. The summed E-state index contributed by atoms with van der Waals surface area (Å²) in [4.78, 5) is 0. The molecule has 1 N–H and O–H groups in total. The van der Waals surface area contributed by atoms with E-state index in [1.54, 1.807) is 12.1 Å². The second-order valence-electron chi connectivity index (χ2n) is 5.09. The summed E-state index contributed by atoms with van der Waals surface area (Å²) in [7, 11) is 0. The van der Waals surface area contributed by atoms with Crippen LogP contribution in [0.15, 0.2) is 18.2 Å². The predicted octanol–water partition coefficient (Wildman–Crippen LogP) is 3.81. The number of nitrogens with one attached hydrogen (secondary N) is 1. The Hall–Kier alpha value is -0.640. The molecular weight excluding hydrogens is 265 g/mol. The van der Waals surface area contributed by atoms with Crippen LogP contribution < -0.4 is 5.32 Å².